The number of carbonyl (C=O) groups excluding carboxylic acids is 2. The minimum absolute atomic E-state index is 0.411. The van der Waals surface area contributed by atoms with Crippen molar-refractivity contribution in [1.82, 2.24) is 10.3 Å². The number of nitrogens with one attached hydrogen (secondary N) is 1. The molecule has 3 amide bonds. The second-order valence-electron chi connectivity index (χ2n) is 7.05. The number of hydrogen-bond acceptors (Lipinski definition) is 6. The van der Waals surface area contributed by atoms with Gasteiger partial charge in [0, 0.05) is 12.1 Å². The molecule has 30 heavy (non-hydrogen) atoms. The summed E-state index contributed by atoms with van der Waals surface area (Å²) in [7, 11) is 4.53. The number of ether oxygens (including phenoxy) is 3. The molecule has 0 bridgehead atoms. The first-order valence-corrected chi connectivity index (χ1v) is 9.46. The molecular formula is C22H25N3O5. The van der Waals surface area contributed by atoms with E-state index in [4.69, 9.17) is 14.2 Å². The van der Waals surface area contributed by atoms with E-state index in [0.29, 0.717) is 35.7 Å². The molecule has 8 heteroatoms. The van der Waals surface area contributed by atoms with Crippen LogP contribution >= 0.6 is 0 Å². The zero-order chi connectivity index (χ0) is 21.7. The van der Waals surface area contributed by atoms with Gasteiger partial charge in [-0.2, -0.15) is 5.10 Å². The fraction of sp³-hybridized carbons (Fsp3) is 0.318. The summed E-state index contributed by atoms with van der Waals surface area (Å²) in [6.45, 7) is 1.71. The van der Waals surface area contributed by atoms with Gasteiger partial charge in [-0.3, -0.25) is 4.79 Å². The summed E-state index contributed by atoms with van der Waals surface area (Å²) >= 11 is 0. The van der Waals surface area contributed by atoms with E-state index >= 15 is 0 Å². The number of carbonyl (C=O) groups is 2. The Morgan fingerprint density at radius 3 is 2.23 bits per heavy atom. The number of aryl methyl sites for hydroxylation is 1. The van der Waals surface area contributed by atoms with Crippen LogP contribution in [0.15, 0.2) is 47.6 Å². The SMILES string of the molecule is COc1cc(OC)c(/C=N\N2C(=O)N[C@@](C)(CCc3ccccc3)C2=O)c(OC)c1. The molecule has 2 aromatic rings. The molecule has 1 aliphatic rings. The summed E-state index contributed by atoms with van der Waals surface area (Å²) in [6.07, 6.45) is 2.49. The zero-order valence-electron chi connectivity index (χ0n) is 17.5. The van der Waals surface area contributed by atoms with Crippen molar-refractivity contribution in [3.8, 4) is 17.2 Å². The number of nitrogens with zero attached hydrogens (tertiary/aromatic N) is 2. The summed E-state index contributed by atoms with van der Waals surface area (Å²) < 4.78 is 16.0. The molecule has 8 nitrogen and oxygen atoms in total. The Morgan fingerprint density at radius 2 is 1.67 bits per heavy atom. The first-order valence-electron chi connectivity index (χ1n) is 9.46. The number of rotatable bonds is 8. The van der Waals surface area contributed by atoms with Gasteiger partial charge in [0.15, 0.2) is 0 Å². The van der Waals surface area contributed by atoms with E-state index in [-0.39, 0.29) is 0 Å². The Balaban J connectivity index is 1.81. The molecule has 3 rings (SSSR count). The number of hydrazone groups is 1. The van der Waals surface area contributed by atoms with E-state index in [1.165, 1.54) is 27.5 Å². The number of hydrogen-bond donors (Lipinski definition) is 1. The van der Waals surface area contributed by atoms with E-state index in [2.05, 4.69) is 10.4 Å². The lowest BCUT2D eigenvalue weighted by Crippen LogP contribution is -2.44. The molecule has 0 aliphatic carbocycles. The minimum atomic E-state index is -1.03. The van der Waals surface area contributed by atoms with E-state index in [1.807, 2.05) is 30.3 Å². The van der Waals surface area contributed by atoms with Crippen molar-refractivity contribution in [2.75, 3.05) is 21.3 Å². The molecule has 0 saturated carbocycles. The van der Waals surface area contributed by atoms with Gasteiger partial charge >= 0.3 is 6.03 Å². The van der Waals surface area contributed by atoms with Gasteiger partial charge in [-0.25, -0.2) is 4.79 Å². The van der Waals surface area contributed by atoms with Crippen LogP contribution in [0, 0.1) is 0 Å². The van der Waals surface area contributed by atoms with Gasteiger partial charge in [-0.1, -0.05) is 30.3 Å². The highest BCUT2D eigenvalue weighted by molar-refractivity contribution is 6.07. The molecule has 1 heterocycles. The zero-order valence-corrected chi connectivity index (χ0v) is 17.5. The molecule has 0 aromatic heterocycles. The average molecular weight is 411 g/mol. The molecule has 0 spiro atoms. The standard InChI is InChI=1S/C22H25N3O5/c1-22(11-10-15-8-6-5-7-9-15)20(26)25(21(27)24-22)23-14-17-18(29-3)12-16(28-2)13-19(17)30-4/h5-9,12-14H,10-11H2,1-4H3,(H,24,27)/b23-14-/t22-/m0/s1. The molecule has 1 N–H and O–H groups in total. The van der Waals surface area contributed by atoms with E-state index in [0.717, 1.165) is 10.6 Å². The quantitative estimate of drug-likeness (QED) is 0.533. The van der Waals surface area contributed by atoms with Crippen LogP contribution in [0.4, 0.5) is 4.79 Å². The molecule has 1 atom stereocenters. The smallest absolute Gasteiger partial charge is 0.346 e. The van der Waals surface area contributed by atoms with Crippen LogP contribution in [-0.2, 0) is 11.2 Å². The monoisotopic (exact) mass is 411 g/mol. The van der Waals surface area contributed by atoms with Crippen LogP contribution < -0.4 is 19.5 Å². The van der Waals surface area contributed by atoms with Crippen molar-refractivity contribution in [2.45, 2.75) is 25.3 Å². The summed E-state index contributed by atoms with van der Waals surface area (Å²) in [5, 5.41) is 7.72. The van der Waals surface area contributed by atoms with Crippen LogP contribution in [-0.4, -0.2) is 50.0 Å². The maximum absolute atomic E-state index is 12.9. The molecule has 1 aliphatic heterocycles. The number of urea groups is 1. The fourth-order valence-electron chi connectivity index (χ4n) is 3.26. The number of benzene rings is 2. The fourth-order valence-corrected chi connectivity index (χ4v) is 3.26. The first-order chi connectivity index (χ1) is 14.4. The average Bonchev–Trinajstić information content (AvgIpc) is 2.99. The highest BCUT2D eigenvalue weighted by atomic mass is 16.5. The Kier molecular flexibility index (Phi) is 6.25. The van der Waals surface area contributed by atoms with E-state index < -0.39 is 17.5 Å². The van der Waals surface area contributed by atoms with Crippen molar-refractivity contribution < 1.29 is 23.8 Å². The normalized spacial score (nSPS) is 18.6. The van der Waals surface area contributed by atoms with Gasteiger partial charge in [0.05, 0.1) is 33.1 Å². The van der Waals surface area contributed by atoms with Gasteiger partial charge in [-0.15, -0.1) is 5.01 Å². The minimum Gasteiger partial charge on any atom is -0.496 e. The number of methoxy groups -OCH3 is 3. The highest BCUT2D eigenvalue weighted by Crippen LogP contribution is 2.33. The van der Waals surface area contributed by atoms with E-state index in [1.54, 1.807) is 19.1 Å². The molecule has 1 fully saturated rings. The lowest BCUT2D eigenvalue weighted by atomic mass is 9.93. The molecular weight excluding hydrogens is 386 g/mol. The lowest BCUT2D eigenvalue weighted by Gasteiger charge is -2.20. The van der Waals surface area contributed by atoms with Crippen LogP contribution in [0.25, 0.3) is 0 Å². The summed E-state index contributed by atoms with van der Waals surface area (Å²) in [5.74, 6) is 1.01. The Labute approximate surface area is 175 Å². The predicted molar refractivity (Wildman–Crippen MR) is 112 cm³/mol. The Bertz CT molecular complexity index is 935. The van der Waals surface area contributed by atoms with Gasteiger partial charge in [-0.05, 0) is 25.3 Å². The second kappa shape index (κ2) is 8.86. The first kappa shape index (κ1) is 21.2. The van der Waals surface area contributed by atoms with Crippen molar-refractivity contribution in [3.05, 3.63) is 53.6 Å². The van der Waals surface area contributed by atoms with Crippen molar-refractivity contribution in [3.63, 3.8) is 0 Å². The van der Waals surface area contributed by atoms with Crippen LogP contribution in [0.3, 0.4) is 0 Å². The molecule has 1 saturated heterocycles. The third-order valence-corrected chi connectivity index (χ3v) is 5.05. The molecule has 0 radical (unpaired) electrons. The van der Waals surface area contributed by atoms with Crippen molar-refractivity contribution in [1.29, 1.82) is 0 Å². The third-order valence-electron chi connectivity index (χ3n) is 5.05. The topological polar surface area (TPSA) is 89.5 Å². The maximum Gasteiger partial charge on any atom is 0.346 e. The molecule has 158 valence electrons. The molecule has 2 aromatic carbocycles. The van der Waals surface area contributed by atoms with Gasteiger partial charge < -0.3 is 19.5 Å². The largest absolute Gasteiger partial charge is 0.496 e. The number of amides is 3. The van der Waals surface area contributed by atoms with Crippen LogP contribution in [0.2, 0.25) is 0 Å². The van der Waals surface area contributed by atoms with Gasteiger partial charge in [0.2, 0.25) is 0 Å². The van der Waals surface area contributed by atoms with Crippen molar-refractivity contribution >= 4 is 18.2 Å². The highest BCUT2D eigenvalue weighted by Gasteiger charge is 2.47. The second-order valence-corrected chi connectivity index (χ2v) is 7.05. The van der Waals surface area contributed by atoms with Gasteiger partial charge in [0.25, 0.3) is 5.91 Å². The Morgan fingerprint density at radius 1 is 1.03 bits per heavy atom. The maximum atomic E-state index is 12.9. The Hall–Kier alpha value is -3.55. The number of imide groups is 1. The summed E-state index contributed by atoms with van der Waals surface area (Å²) in [6, 6.07) is 12.6. The van der Waals surface area contributed by atoms with Gasteiger partial charge in [0.1, 0.15) is 22.8 Å². The predicted octanol–water partition coefficient (Wildman–Crippen LogP) is 2.99. The third kappa shape index (κ3) is 4.22. The lowest BCUT2D eigenvalue weighted by molar-refractivity contribution is -0.130. The van der Waals surface area contributed by atoms with Crippen molar-refractivity contribution in [2.24, 2.45) is 5.10 Å². The van der Waals surface area contributed by atoms with E-state index in [9.17, 15) is 9.59 Å². The molecule has 0 unspecified atom stereocenters. The van der Waals surface area contributed by atoms with Crippen LogP contribution in [0.1, 0.15) is 24.5 Å². The summed E-state index contributed by atoms with van der Waals surface area (Å²) in [5.41, 5.74) is 0.549. The summed E-state index contributed by atoms with van der Waals surface area (Å²) in [4.78, 5) is 25.4. The van der Waals surface area contributed by atoms with Crippen LogP contribution in [0.5, 0.6) is 17.2 Å².